The predicted molar refractivity (Wildman–Crippen MR) is 105 cm³/mol. The Bertz CT molecular complexity index is 988. The topological polar surface area (TPSA) is 45.2 Å². The Kier molecular flexibility index (Phi) is 4.73. The van der Waals surface area contributed by atoms with Crippen molar-refractivity contribution in [1.29, 1.82) is 0 Å². The number of aromatic nitrogens is 1. The van der Waals surface area contributed by atoms with E-state index in [1.54, 1.807) is 41.7 Å². The summed E-state index contributed by atoms with van der Waals surface area (Å²) in [7, 11) is 0. The first-order valence-corrected chi connectivity index (χ1v) is 9.14. The molecule has 4 rings (SSSR count). The van der Waals surface area contributed by atoms with E-state index in [1.807, 2.05) is 30.3 Å². The second kappa shape index (κ2) is 7.32. The summed E-state index contributed by atoms with van der Waals surface area (Å²) in [6, 6.07) is 17.1. The van der Waals surface area contributed by atoms with Crippen LogP contribution in [0.25, 0.3) is 5.70 Å². The molecule has 0 saturated heterocycles. The van der Waals surface area contributed by atoms with Crippen molar-refractivity contribution in [3.63, 3.8) is 0 Å². The standard InChI is InChI=1S/C21H15BrFN3O/c22-17-5-1-15(2-6-17)20-13-19(14-3-7-18(23)8-4-14)25-26(20)21(27)16-9-11-24-12-10-16/h1-13,20,25H. The van der Waals surface area contributed by atoms with Crippen molar-refractivity contribution >= 4 is 27.5 Å². The van der Waals surface area contributed by atoms with Crippen LogP contribution in [-0.2, 0) is 0 Å². The van der Waals surface area contributed by atoms with E-state index in [-0.39, 0.29) is 17.8 Å². The third-order valence-corrected chi connectivity index (χ3v) is 4.89. The van der Waals surface area contributed by atoms with E-state index in [1.165, 1.54) is 12.1 Å². The molecular weight excluding hydrogens is 409 g/mol. The molecule has 4 nitrogen and oxygen atoms in total. The maximum absolute atomic E-state index is 13.3. The second-order valence-corrected chi connectivity index (χ2v) is 7.02. The first-order chi connectivity index (χ1) is 13.1. The summed E-state index contributed by atoms with van der Waals surface area (Å²) < 4.78 is 14.2. The lowest BCUT2D eigenvalue weighted by Crippen LogP contribution is -2.39. The van der Waals surface area contributed by atoms with E-state index >= 15 is 0 Å². The zero-order valence-corrected chi connectivity index (χ0v) is 15.7. The Morgan fingerprint density at radius 3 is 2.33 bits per heavy atom. The average Bonchev–Trinajstić information content (AvgIpc) is 3.14. The van der Waals surface area contributed by atoms with E-state index in [4.69, 9.17) is 0 Å². The van der Waals surface area contributed by atoms with Crippen LogP contribution >= 0.6 is 15.9 Å². The number of hydrogen-bond acceptors (Lipinski definition) is 3. The highest BCUT2D eigenvalue weighted by molar-refractivity contribution is 9.10. The summed E-state index contributed by atoms with van der Waals surface area (Å²) in [6.45, 7) is 0. The van der Waals surface area contributed by atoms with Gasteiger partial charge in [0.25, 0.3) is 5.91 Å². The van der Waals surface area contributed by atoms with Crippen molar-refractivity contribution in [3.8, 4) is 0 Å². The number of hydrazine groups is 1. The molecule has 0 spiro atoms. The fraction of sp³-hybridized carbons (Fsp3) is 0.0476. The molecule has 0 saturated carbocycles. The highest BCUT2D eigenvalue weighted by atomic mass is 79.9. The average molecular weight is 424 g/mol. The molecule has 2 heterocycles. The fourth-order valence-electron chi connectivity index (χ4n) is 2.98. The Morgan fingerprint density at radius 1 is 1.00 bits per heavy atom. The van der Waals surface area contributed by atoms with Gasteiger partial charge in [-0.05, 0) is 65.7 Å². The number of benzene rings is 2. The Balaban J connectivity index is 1.72. The number of nitrogens with one attached hydrogen (secondary N) is 1. The highest BCUT2D eigenvalue weighted by Crippen LogP contribution is 2.33. The zero-order valence-electron chi connectivity index (χ0n) is 14.1. The van der Waals surface area contributed by atoms with Gasteiger partial charge in [-0.3, -0.25) is 15.2 Å². The molecule has 1 unspecified atom stereocenters. The summed E-state index contributed by atoms with van der Waals surface area (Å²) in [5.41, 5.74) is 6.24. The highest BCUT2D eigenvalue weighted by Gasteiger charge is 2.31. The van der Waals surface area contributed by atoms with E-state index in [0.717, 1.165) is 21.3 Å². The SMILES string of the molecule is O=C(c1ccncc1)N1NC(c2ccc(F)cc2)=CC1c1ccc(Br)cc1. The van der Waals surface area contributed by atoms with Crippen LogP contribution in [0.2, 0.25) is 0 Å². The van der Waals surface area contributed by atoms with Gasteiger partial charge in [0.1, 0.15) is 5.82 Å². The van der Waals surface area contributed by atoms with Gasteiger partial charge in [0, 0.05) is 22.4 Å². The number of nitrogens with zero attached hydrogens (tertiary/aromatic N) is 2. The van der Waals surface area contributed by atoms with Crippen LogP contribution in [0.5, 0.6) is 0 Å². The van der Waals surface area contributed by atoms with Crippen LogP contribution in [0, 0.1) is 5.82 Å². The first-order valence-electron chi connectivity index (χ1n) is 8.35. The molecule has 134 valence electrons. The number of hydrogen-bond donors (Lipinski definition) is 1. The van der Waals surface area contributed by atoms with Crippen LogP contribution in [-0.4, -0.2) is 15.9 Å². The number of halogens is 2. The maximum Gasteiger partial charge on any atom is 0.273 e. The van der Waals surface area contributed by atoms with Gasteiger partial charge in [0.05, 0.1) is 11.7 Å². The molecule has 1 amide bonds. The second-order valence-electron chi connectivity index (χ2n) is 6.11. The monoisotopic (exact) mass is 423 g/mol. The van der Waals surface area contributed by atoms with Gasteiger partial charge in [-0.1, -0.05) is 28.1 Å². The van der Waals surface area contributed by atoms with Crippen LogP contribution in [0.4, 0.5) is 4.39 Å². The summed E-state index contributed by atoms with van der Waals surface area (Å²) in [5.74, 6) is -0.467. The quantitative estimate of drug-likeness (QED) is 0.662. The van der Waals surface area contributed by atoms with E-state index in [9.17, 15) is 9.18 Å². The van der Waals surface area contributed by atoms with Gasteiger partial charge >= 0.3 is 0 Å². The summed E-state index contributed by atoms with van der Waals surface area (Å²) in [6.07, 6.45) is 5.15. The zero-order chi connectivity index (χ0) is 18.8. The summed E-state index contributed by atoms with van der Waals surface area (Å²) in [4.78, 5) is 17.0. The Hall–Kier alpha value is -2.99. The van der Waals surface area contributed by atoms with Gasteiger partial charge < -0.3 is 0 Å². The third kappa shape index (κ3) is 3.61. The number of carbonyl (C=O) groups is 1. The molecule has 27 heavy (non-hydrogen) atoms. The molecule has 3 aromatic rings. The van der Waals surface area contributed by atoms with Crippen LogP contribution in [0.15, 0.2) is 83.6 Å². The first kappa shape index (κ1) is 17.4. The molecule has 1 aliphatic heterocycles. The van der Waals surface area contributed by atoms with E-state index in [2.05, 4.69) is 26.3 Å². The molecule has 2 aromatic carbocycles. The van der Waals surface area contributed by atoms with Crippen molar-refractivity contribution in [2.24, 2.45) is 0 Å². The number of amides is 1. The molecule has 0 aliphatic carbocycles. The molecule has 0 radical (unpaired) electrons. The molecule has 6 heteroatoms. The lowest BCUT2D eigenvalue weighted by molar-refractivity contribution is 0.0672. The predicted octanol–water partition coefficient (Wildman–Crippen LogP) is 4.73. The van der Waals surface area contributed by atoms with Crippen molar-refractivity contribution < 1.29 is 9.18 Å². The van der Waals surface area contributed by atoms with Gasteiger partial charge in [-0.2, -0.15) is 0 Å². The van der Waals surface area contributed by atoms with Crippen molar-refractivity contribution in [2.45, 2.75) is 6.04 Å². The molecule has 1 aromatic heterocycles. The third-order valence-electron chi connectivity index (χ3n) is 4.36. The van der Waals surface area contributed by atoms with Crippen molar-refractivity contribution in [2.75, 3.05) is 0 Å². The molecule has 1 N–H and O–H groups in total. The molecule has 0 bridgehead atoms. The minimum Gasteiger partial charge on any atom is -0.295 e. The normalized spacial score (nSPS) is 16.0. The van der Waals surface area contributed by atoms with Gasteiger partial charge in [0.2, 0.25) is 0 Å². The number of rotatable bonds is 3. The van der Waals surface area contributed by atoms with Gasteiger partial charge in [0.15, 0.2) is 0 Å². The number of carbonyl (C=O) groups excluding carboxylic acids is 1. The Morgan fingerprint density at radius 2 is 1.67 bits per heavy atom. The van der Waals surface area contributed by atoms with Crippen LogP contribution in [0.3, 0.4) is 0 Å². The maximum atomic E-state index is 13.3. The summed E-state index contributed by atoms with van der Waals surface area (Å²) >= 11 is 3.44. The van der Waals surface area contributed by atoms with Crippen LogP contribution in [0.1, 0.15) is 27.5 Å². The Labute approximate surface area is 164 Å². The lowest BCUT2D eigenvalue weighted by atomic mass is 10.0. The minimum absolute atomic E-state index is 0.168. The summed E-state index contributed by atoms with van der Waals surface area (Å²) in [5, 5.41) is 1.58. The van der Waals surface area contributed by atoms with Crippen LogP contribution < -0.4 is 5.43 Å². The number of pyridine rings is 1. The fourth-order valence-corrected chi connectivity index (χ4v) is 3.24. The molecule has 0 fully saturated rings. The van der Waals surface area contributed by atoms with Gasteiger partial charge in [-0.25, -0.2) is 9.40 Å². The molecular formula is C21H15BrFN3O. The molecule has 1 atom stereocenters. The smallest absolute Gasteiger partial charge is 0.273 e. The van der Waals surface area contributed by atoms with Gasteiger partial charge in [-0.15, -0.1) is 0 Å². The van der Waals surface area contributed by atoms with E-state index < -0.39 is 0 Å². The molecule has 1 aliphatic rings. The minimum atomic E-state index is -0.300. The largest absolute Gasteiger partial charge is 0.295 e. The lowest BCUT2D eigenvalue weighted by Gasteiger charge is -2.25. The van der Waals surface area contributed by atoms with Crippen molar-refractivity contribution in [1.82, 2.24) is 15.4 Å². The van der Waals surface area contributed by atoms with Crippen molar-refractivity contribution in [3.05, 3.63) is 106 Å². The van der Waals surface area contributed by atoms with E-state index in [0.29, 0.717) is 5.56 Å².